The van der Waals surface area contributed by atoms with Gasteiger partial charge in [0.1, 0.15) is 0 Å². The van der Waals surface area contributed by atoms with E-state index >= 15 is 0 Å². The maximum absolute atomic E-state index is 4.57. The van der Waals surface area contributed by atoms with E-state index in [1.807, 2.05) is 24.6 Å². The lowest BCUT2D eigenvalue weighted by atomic mass is 10.2. The van der Waals surface area contributed by atoms with Crippen LogP contribution in [0, 0.1) is 0 Å². The highest BCUT2D eigenvalue weighted by Crippen LogP contribution is 2.34. The second-order valence-corrected chi connectivity index (χ2v) is 7.93. The molecule has 1 aliphatic rings. The average molecular weight is 271 g/mol. The van der Waals surface area contributed by atoms with Crippen molar-refractivity contribution < 1.29 is 0 Å². The Balaban J connectivity index is 2.09. The molecule has 0 aliphatic carbocycles. The van der Waals surface area contributed by atoms with Crippen molar-refractivity contribution in [2.75, 3.05) is 30.8 Å². The van der Waals surface area contributed by atoms with E-state index in [2.05, 4.69) is 47.7 Å². The van der Waals surface area contributed by atoms with Crippen LogP contribution in [0.4, 0.5) is 5.13 Å². The molecule has 1 unspecified atom stereocenters. The van der Waals surface area contributed by atoms with Crippen molar-refractivity contribution in [2.45, 2.75) is 31.6 Å². The van der Waals surface area contributed by atoms with E-state index in [1.165, 1.54) is 15.8 Å². The molecule has 0 amide bonds. The maximum Gasteiger partial charge on any atom is 0.185 e. The summed E-state index contributed by atoms with van der Waals surface area (Å²) in [5, 5.41) is 4.44. The fraction of sp³-hybridized carbons (Fsp3) is 0.750. The van der Waals surface area contributed by atoms with Crippen LogP contribution in [0.25, 0.3) is 0 Å². The lowest BCUT2D eigenvalue weighted by molar-refractivity contribution is 0.646. The van der Waals surface area contributed by atoms with E-state index in [9.17, 15) is 0 Å². The van der Waals surface area contributed by atoms with Crippen molar-refractivity contribution in [3.8, 4) is 0 Å². The summed E-state index contributed by atoms with van der Waals surface area (Å²) in [4.78, 5) is 8.31. The van der Waals surface area contributed by atoms with E-state index in [0.717, 1.165) is 13.1 Å². The van der Waals surface area contributed by atoms with Gasteiger partial charge in [0.25, 0.3) is 0 Å². The highest BCUT2D eigenvalue weighted by molar-refractivity contribution is 8.00. The number of rotatable bonds is 3. The summed E-state index contributed by atoms with van der Waals surface area (Å²) in [5.41, 5.74) is 0. The number of nitrogens with zero attached hydrogens (tertiary/aromatic N) is 2. The zero-order valence-corrected chi connectivity index (χ0v) is 12.6. The van der Waals surface area contributed by atoms with Gasteiger partial charge in [-0.1, -0.05) is 0 Å². The number of aromatic nitrogens is 1. The van der Waals surface area contributed by atoms with E-state index in [4.69, 9.17) is 0 Å². The summed E-state index contributed by atoms with van der Waals surface area (Å²) in [5.74, 6) is 1.20. The van der Waals surface area contributed by atoms with Crippen LogP contribution in [0.3, 0.4) is 0 Å². The minimum Gasteiger partial charge on any atom is -0.346 e. The molecular weight excluding hydrogens is 250 g/mol. The second-order valence-electron chi connectivity index (χ2n) is 5.09. The van der Waals surface area contributed by atoms with Gasteiger partial charge in [0.15, 0.2) is 5.13 Å². The molecule has 1 N–H and O–H groups in total. The van der Waals surface area contributed by atoms with E-state index in [1.54, 1.807) is 0 Å². The van der Waals surface area contributed by atoms with Crippen LogP contribution in [0.1, 0.15) is 31.7 Å². The zero-order valence-electron chi connectivity index (χ0n) is 11.0. The van der Waals surface area contributed by atoms with Gasteiger partial charge in [0, 0.05) is 40.7 Å². The van der Waals surface area contributed by atoms with Crippen molar-refractivity contribution in [2.24, 2.45) is 0 Å². The van der Waals surface area contributed by atoms with Crippen molar-refractivity contribution in [3.63, 3.8) is 0 Å². The van der Waals surface area contributed by atoms with Crippen molar-refractivity contribution in [1.29, 1.82) is 0 Å². The normalized spacial score (nSPS) is 21.5. The largest absolute Gasteiger partial charge is 0.346 e. The summed E-state index contributed by atoms with van der Waals surface area (Å²) in [6, 6.07) is 0.397. The number of hydrogen-bond donors (Lipinski definition) is 1. The third-order valence-corrected chi connectivity index (χ3v) is 5.61. The summed E-state index contributed by atoms with van der Waals surface area (Å²) in [6.45, 7) is 9.02. The fourth-order valence-electron chi connectivity index (χ4n) is 1.95. The Hall–Kier alpha value is -0.260. The van der Waals surface area contributed by atoms with Crippen LogP contribution < -0.4 is 10.2 Å². The van der Waals surface area contributed by atoms with Gasteiger partial charge in [-0.25, -0.2) is 4.98 Å². The number of anilines is 1. The lowest BCUT2D eigenvalue weighted by Crippen LogP contribution is -2.43. The van der Waals surface area contributed by atoms with Gasteiger partial charge in [0.2, 0.25) is 0 Å². The topological polar surface area (TPSA) is 28.2 Å². The van der Waals surface area contributed by atoms with Crippen LogP contribution in [0.2, 0.25) is 0 Å². The number of hydrogen-bond acceptors (Lipinski definition) is 5. The number of nitrogens with one attached hydrogen (secondary N) is 1. The molecule has 96 valence electrons. The van der Waals surface area contributed by atoms with Crippen LogP contribution in [0.15, 0.2) is 6.20 Å². The molecule has 0 radical (unpaired) electrons. The highest BCUT2D eigenvalue weighted by atomic mass is 32.2. The lowest BCUT2D eigenvalue weighted by Gasteiger charge is -2.37. The molecule has 2 rings (SSSR count). The van der Waals surface area contributed by atoms with Crippen LogP contribution in [-0.2, 0) is 0 Å². The second kappa shape index (κ2) is 5.16. The molecule has 1 aliphatic heterocycles. The third kappa shape index (κ3) is 3.14. The molecule has 0 spiro atoms. The van der Waals surface area contributed by atoms with Gasteiger partial charge >= 0.3 is 0 Å². The first-order chi connectivity index (χ1) is 8.02. The molecule has 2 heterocycles. The predicted octanol–water partition coefficient (Wildman–Crippen LogP) is 2.76. The van der Waals surface area contributed by atoms with Crippen molar-refractivity contribution in [1.82, 2.24) is 10.3 Å². The first kappa shape index (κ1) is 13.2. The Labute approximate surface area is 112 Å². The Bertz CT molecular complexity index is 376. The van der Waals surface area contributed by atoms with Crippen LogP contribution >= 0.6 is 23.1 Å². The van der Waals surface area contributed by atoms with Crippen LogP contribution in [-0.4, -0.2) is 35.6 Å². The van der Waals surface area contributed by atoms with E-state index in [0.29, 0.717) is 10.8 Å². The Kier molecular flexibility index (Phi) is 4.00. The summed E-state index contributed by atoms with van der Waals surface area (Å²) >= 11 is 3.88. The molecule has 0 saturated carbocycles. The van der Waals surface area contributed by atoms with Gasteiger partial charge in [-0.2, -0.15) is 11.8 Å². The molecular formula is C12H21N3S2. The quantitative estimate of drug-likeness (QED) is 0.915. The van der Waals surface area contributed by atoms with Gasteiger partial charge in [-0.3, -0.25) is 0 Å². The molecule has 5 heteroatoms. The van der Waals surface area contributed by atoms with Crippen LogP contribution in [0.5, 0.6) is 0 Å². The highest BCUT2D eigenvalue weighted by Gasteiger charge is 2.28. The predicted molar refractivity (Wildman–Crippen MR) is 78.3 cm³/mol. The summed E-state index contributed by atoms with van der Waals surface area (Å²) in [7, 11) is 1.99. The monoisotopic (exact) mass is 271 g/mol. The zero-order chi connectivity index (χ0) is 12.5. The van der Waals surface area contributed by atoms with Gasteiger partial charge < -0.3 is 10.2 Å². The molecule has 1 saturated heterocycles. The Morgan fingerprint density at radius 1 is 1.53 bits per heavy atom. The first-order valence-electron chi connectivity index (χ1n) is 6.04. The molecule has 17 heavy (non-hydrogen) atoms. The van der Waals surface area contributed by atoms with Gasteiger partial charge in [-0.05, 0) is 27.8 Å². The molecule has 1 fully saturated rings. The standard InChI is InChI=1S/C12H21N3S2/c1-9(13-4)10-7-14-11(17-10)15-5-6-16-12(2,3)8-15/h7,9,13H,5-6,8H2,1-4H3. The van der Waals surface area contributed by atoms with E-state index < -0.39 is 0 Å². The van der Waals surface area contributed by atoms with Crippen molar-refractivity contribution in [3.05, 3.63) is 11.1 Å². The molecule has 1 aromatic heterocycles. The maximum atomic E-state index is 4.57. The first-order valence-corrected chi connectivity index (χ1v) is 7.84. The minimum atomic E-state index is 0.346. The third-order valence-electron chi connectivity index (χ3n) is 3.07. The molecule has 0 aromatic carbocycles. The number of thioether (sulfide) groups is 1. The smallest absolute Gasteiger partial charge is 0.185 e. The molecule has 0 bridgehead atoms. The van der Waals surface area contributed by atoms with Gasteiger partial charge in [0.05, 0.1) is 0 Å². The van der Waals surface area contributed by atoms with Gasteiger partial charge in [-0.15, -0.1) is 11.3 Å². The average Bonchev–Trinajstić information content (AvgIpc) is 2.76. The number of thiazole rings is 1. The Morgan fingerprint density at radius 2 is 2.29 bits per heavy atom. The molecule has 1 aromatic rings. The Morgan fingerprint density at radius 3 is 2.94 bits per heavy atom. The summed E-state index contributed by atoms with van der Waals surface area (Å²) < 4.78 is 0.346. The minimum absolute atomic E-state index is 0.346. The van der Waals surface area contributed by atoms with E-state index in [-0.39, 0.29) is 0 Å². The summed E-state index contributed by atoms with van der Waals surface area (Å²) in [6.07, 6.45) is 2.01. The fourth-order valence-corrected chi connectivity index (χ4v) is 4.06. The SMILES string of the molecule is CNC(C)c1cnc(N2CCSC(C)(C)C2)s1. The molecule has 1 atom stereocenters. The molecule has 3 nitrogen and oxygen atoms in total. The van der Waals surface area contributed by atoms with Crippen molar-refractivity contribution >= 4 is 28.2 Å².